The summed E-state index contributed by atoms with van der Waals surface area (Å²) in [5.41, 5.74) is 9.27. The Morgan fingerprint density at radius 1 is 1.15 bits per heavy atom. The van der Waals surface area contributed by atoms with Crippen molar-refractivity contribution in [2.24, 2.45) is 0 Å². The first-order valence-corrected chi connectivity index (χ1v) is 6.74. The van der Waals surface area contributed by atoms with Gasteiger partial charge in [0, 0.05) is 5.69 Å². The second kappa shape index (κ2) is 5.95. The van der Waals surface area contributed by atoms with Crippen LogP contribution in [-0.2, 0) is 6.61 Å². The predicted molar refractivity (Wildman–Crippen MR) is 80.4 cm³/mol. The number of nitrogens with two attached hydrogens (primary N) is 1. The number of ether oxygens (including phenoxy) is 1. The molecule has 0 aromatic heterocycles. The highest BCUT2D eigenvalue weighted by Crippen LogP contribution is 2.24. The number of aryl methyl sites for hydroxylation is 1. The minimum absolute atomic E-state index is 0.308. The molecular weight excluding hydrogens is 253 g/mol. The van der Waals surface area contributed by atoms with Gasteiger partial charge in [-0.2, -0.15) is 0 Å². The first kappa shape index (κ1) is 14.4. The first-order valence-electron chi connectivity index (χ1n) is 6.74. The van der Waals surface area contributed by atoms with Gasteiger partial charge in [0.1, 0.15) is 18.2 Å². The van der Waals surface area contributed by atoms with E-state index < -0.39 is 0 Å². The van der Waals surface area contributed by atoms with E-state index in [0.29, 0.717) is 18.2 Å². The highest BCUT2D eigenvalue weighted by molar-refractivity contribution is 5.41. The minimum atomic E-state index is -0.338. The first-order chi connectivity index (χ1) is 9.45. The predicted octanol–water partition coefficient (Wildman–Crippen LogP) is 4.42. The maximum atomic E-state index is 13.2. The largest absolute Gasteiger partial charge is 0.489 e. The monoisotopic (exact) mass is 273 g/mol. The zero-order valence-corrected chi connectivity index (χ0v) is 12.1. The Kier molecular flexibility index (Phi) is 4.28. The summed E-state index contributed by atoms with van der Waals surface area (Å²) in [5.74, 6) is 0.941. The molecule has 0 aliphatic rings. The van der Waals surface area contributed by atoms with Crippen molar-refractivity contribution in [3.63, 3.8) is 0 Å². The molecule has 2 aromatic rings. The molecule has 0 unspecified atom stereocenters. The molecule has 0 saturated carbocycles. The van der Waals surface area contributed by atoms with Gasteiger partial charge in [0.2, 0.25) is 0 Å². The fourth-order valence-electron chi connectivity index (χ4n) is 2.31. The molecule has 0 spiro atoms. The summed E-state index contributed by atoms with van der Waals surface area (Å²) in [7, 11) is 0. The van der Waals surface area contributed by atoms with Crippen LogP contribution in [-0.4, -0.2) is 0 Å². The molecule has 2 rings (SSSR count). The zero-order valence-electron chi connectivity index (χ0n) is 12.1. The molecule has 2 aromatic carbocycles. The zero-order chi connectivity index (χ0) is 14.7. The van der Waals surface area contributed by atoms with Crippen molar-refractivity contribution < 1.29 is 9.13 Å². The lowest BCUT2D eigenvalue weighted by Crippen LogP contribution is -1.99. The summed E-state index contributed by atoms with van der Waals surface area (Å²) in [6.07, 6.45) is 0. The van der Waals surface area contributed by atoms with Gasteiger partial charge in [-0.15, -0.1) is 0 Å². The average Bonchev–Trinajstić information content (AvgIpc) is 2.35. The Labute approximate surface area is 119 Å². The summed E-state index contributed by atoms with van der Waals surface area (Å²) >= 11 is 0. The lowest BCUT2D eigenvalue weighted by Gasteiger charge is -2.12. The van der Waals surface area contributed by atoms with Crippen LogP contribution in [0, 0.1) is 12.7 Å². The number of rotatable bonds is 4. The van der Waals surface area contributed by atoms with Crippen molar-refractivity contribution in [3.8, 4) is 5.75 Å². The average molecular weight is 273 g/mol. The van der Waals surface area contributed by atoms with E-state index in [0.717, 1.165) is 11.3 Å². The molecule has 20 heavy (non-hydrogen) atoms. The van der Waals surface area contributed by atoms with Gasteiger partial charge >= 0.3 is 0 Å². The maximum Gasteiger partial charge on any atom is 0.125 e. The van der Waals surface area contributed by atoms with Gasteiger partial charge in [0.15, 0.2) is 0 Å². The van der Waals surface area contributed by atoms with Crippen molar-refractivity contribution in [1.29, 1.82) is 0 Å². The molecule has 2 N–H and O–H groups in total. The normalized spacial score (nSPS) is 10.8. The van der Waals surface area contributed by atoms with E-state index in [1.54, 1.807) is 6.07 Å². The molecule has 0 fully saturated rings. The fraction of sp³-hybridized carbons (Fsp3) is 0.294. The van der Waals surface area contributed by atoms with Crippen LogP contribution in [0.25, 0.3) is 0 Å². The van der Waals surface area contributed by atoms with Gasteiger partial charge in [-0.25, -0.2) is 4.39 Å². The molecule has 0 heterocycles. The third-order valence-electron chi connectivity index (χ3n) is 3.25. The van der Waals surface area contributed by atoms with Crippen molar-refractivity contribution in [2.45, 2.75) is 33.3 Å². The van der Waals surface area contributed by atoms with Crippen molar-refractivity contribution in [2.75, 3.05) is 5.73 Å². The van der Waals surface area contributed by atoms with Crippen LogP contribution < -0.4 is 10.5 Å². The lowest BCUT2D eigenvalue weighted by atomic mass is 9.98. The number of hydrogen-bond donors (Lipinski definition) is 1. The molecule has 0 atom stereocenters. The highest BCUT2D eigenvalue weighted by Gasteiger charge is 2.05. The van der Waals surface area contributed by atoms with Crippen LogP contribution in [0.3, 0.4) is 0 Å². The van der Waals surface area contributed by atoms with E-state index >= 15 is 0 Å². The van der Waals surface area contributed by atoms with Crippen molar-refractivity contribution >= 4 is 5.69 Å². The Morgan fingerprint density at radius 2 is 1.90 bits per heavy atom. The summed E-state index contributed by atoms with van der Waals surface area (Å²) in [4.78, 5) is 0. The SMILES string of the molecule is Cc1cc(OCc2cc(N)cc(F)c2)ccc1C(C)C. The Hall–Kier alpha value is -2.03. The third-order valence-corrected chi connectivity index (χ3v) is 3.25. The van der Waals surface area contributed by atoms with E-state index in [1.807, 2.05) is 12.1 Å². The maximum absolute atomic E-state index is 13.2. The van der Waals surface area contributed by atoms with E-state index in [9.17, 15) is 4.39 Å². The molecule has 106 valence electrons. The number of benzene rings is 2. The standard InChI is InChI=1S/C17H20FNO/c1-11(2)17-5-4-16(6-12(17)3)20-10-13-7-14(18)9-15(19)8-13/h4-9,11H,10,19H2,1-3H3. The highest BCUT2D eigenvalue weighted by atomic mass is 19.1. The Bertz CT molecular complexity index is 588. The van der Waals surface area contributed by atoms with Gasteiger partial charge in [0.05, 0.1) is 0 Å². The van der Waals surface area contributed by atoms with Crippen LogP contribution in [0.5, 0.6) is 5.75 Å². The van der Waals surface area contributed by atoms with E-state index in [1.165, 1.54) is 23.3 Å². The minimum Gasteiger partial charge on any atom is -0.489 e. The van der Waals surface area contributed by atoms with Gasteiger partial charge in [-0.3, -0.25) is 0 Å². The van der Waals surface area contributed by atoms with Crippen LogP contribution in [0.2, 0.25) is 0 Å². The fourth-order valence-corrected chi connectivity index (χ4v) is 2.31. The van der Waals surface area contributed by atoms with Gasteiger partial charge in [0.25, 0.3) is 0 Å². The molecule has 0 bridgehead atoms. The van der Waals surface area contributed by atoms with Crippen LogP contribution in [0.1, 0.15) is 36.5 Å². The Morgan fingerprint density at radius 3 is 2.50 bits per heavy atom. The molecular formula is C17H20FNO. The smallest absolute Gasteiger partial charge is 0.125 e. The van der Waals surface area contributed by atoms with Gasteiger partial charge < -0.3 is 10.5 Å². The molecule has 3 heteroatoms. The van der Waals surface area contributed by atoms with Crippen LogP contribution in [0.4, 0.5) is 10.1 Å². The van der Waals surface area contributed by atoms with E-state index in [4.69, 9.17) is 10.5 Å². The number of nitrogen functional groups attached to an aromatic ring is 1. The number of halogens is 1. The van der Waals surface area contributed by atoms with E-state index in [-0.39, 0.29) is 5.82 Å². The number of anilines is 1. The second-order valence-electron chi connectivity index (χ2n) is 5.35. The molecule has 0 aliphatic carbocycles. The van der Waals surface area contributed by atoms with Crippen molar-refractivity contribution in [3.05, 3.63) is 58.9 Å². The van der Waals surface area contributed by atoms with Crippen molar-refractivity contribution in [1.82, 2.24) is 0 Å². The summed E-state index contributed by atoms with van der Waals surface area (Å²) in [5, 5.41) is 0. The summed E-state index contributed by atoms with van der Waals surface area (Å²) in [6, 6.07) is 10.5. The topological polar surface area (TPSA) is 35.2 Å². The lowest BCUT2D eigenvalue weighted by molar-refractivity contribution is 0.305. The molecule has 2 nitrogen and oxygen atoms in total. The molecule has 0 radical (unpaired) electrons. The number of hydrogen-bond acceptors (Lipinski definition) is 2. The second-order valence-corrected chi connectivity index (χ2v) is 5.35. The van der Waals surface area contributed by atoms with Crippen LogP contribution >= 0.6 is 0 Å². The Balaban J connectivity index is 2.09. The molecule has 0 amide bonds. The molecule has 0 saturated heterocycles. The summed E-state index contributed by atoms with van der Waals surface area (Å²) in [6.45, 7) is 6.71. The summed E-state index contributed by atoms with van der Waals surface area (Å²) < 4.78 is 18.9. The van der Waals surface area contributed by atoms with Gasteiger partial charge in [-0.1, -0.05) is 19.9 Å². The molecule has 0 aliphatic heterocycles. The third kappa shape index (κ3) is 3.50. The van der Waals surface area contributed by atoms with E-state index in [2.05, 4.69) is 26.8 Å². The van der Waals surface area contributed by atoms with Crippen LogP contribution in [0.15, 0.2) is 36.4 Å². The van der Waals surface area contributed by atoms with Gasteiger partial charge in [-0.05, 0) is 59.9 Å². The quantitative estimate of drug-likeness (QED) is 0.837.